The van der Waals surface area contributed by atoms with Crippen molar-refractivity contribution in [2.75, 3.05) is 0 Å². The third-order valence-corrected chi connectivity index (χ3v) is 2.42. The Hall–Kier alpha value is 0.254. The summed E-state index contributed by atoms with van der Waals surface area (Å²) in [5.41, 5.74) is 5.80. The summed E-state index contributed by atoms with van der Waals surface area (Å²) in [6.07, 6.45) is 5.60. The van der Waals surface area contributed by atoms with E-state index >= 15 is 0 Å². The van der Waals surface area contributed by atoms with E-state index in [4.69, 9.17) is 18.6 Å². The average Bonchev–Trinajstić information content (AvgIpc) is 2.62. The number of benzene rings is 1. The van der Waals surface area contributed by atoms with Gasteiger partial charge in [-0.25, -0.2) is 0 Å². The van der Waals surface area contributed by atoms with Gasteiger partial charge in [0.05, 0.1) is 0 Å². The molecular weight excluding hydrogens is 251 g/mol. The molecule has 0 N–H and O–H groups in total. The molecule has 0 aliphatic heterocycles. The Kier molecular flexibility index (Phi) is 5.26. The van der Waals surface area contributed by atoms with E-state index in [1.165, 1.54) is 22.3 Å². The number of aryl methyl sites for hydroxylation is 2. The van der Waals surface area contributed by atoms with E-state index in [9.17, 15) is 0 Å². The molecule has 0 amide bonds. The van der Waals surface area contributed by atoms with Gasteiger partial charge in [-0.3, -0.25) is 0 Å². The summed E-state index contributed by atoms with van der Waals surface area (Å²) in [5, 5.41) is 0. The first-order valence-corrected chi connectivity index (χ1v) is 8.72. The molecule has 0 unspecified atom stereocenters. The molecule has 2 rings (SSSR count). The zero-order valence-corrected chi connectivity index (χ0v) is 11.3. The molecule has 0 heterocycles. The molecule has 0 saturated heterocycles. The number of allylic oxidation sites excluding steroid dienone is 1. The second-order valence-corrected chi connectivity index (χ2v) is 5.85. The Bertz CT molecular complexity index is 345. The van der Waals surface area contributed by atoms with Crippen molar-refractivity contribution >= 4 is 24.7 Å². The molecule has 1 aliphatic carbocycles. The Morgan fingerprint density at radius 3 is 2.29 bits per heavy atom. The van der Waals surface area contributed by atoms with Crippen LogP contribution in [-0.4, -0.2) is 0 Å². The van der Waals surface area contributed by atoms with Crippen molar-refractivity contribution in [2.24, 2.45) is 0 Å². The van der Waals surface area contributed by atoms with Gasteiger partial charge in [-0.15, -0.1) is 0 Å². The van der Waals surface area contributed by atoms with Gasteiger partial charge in [0.1, 0.15) is 0 Å². The first-order valence-electron chi connectivity index (χ1n) is 4.42. The fraction of sp³-hybridized carbons (Fsp3) is 0.273. The standard InChI is InChI=1S/C11H12.2ClH.Ti/c1-8-6-7-9(2)11-5-3-4-10(8)11;;;/h3-4,6-7H,5H2,1-2H3;2*1H;/q;;;+2/p-2. The number of halogens is 2. The van der Waals surface area contributed by atoms with Crippen LogP contribution in [0.4, 0.5) is 0 Å². The molecule has 1 aliphatic rings. The van der Waals surface area contributed by atoms with Crippen molar-refractivity contribution in [3.63, 3.8) is 0 Å². The normalized spacial score (nSPS) is 11.7. The molecule has 14 heavy (non-hydrogen) atoms. The predicted octanol–water partition coefficient (Wildman–Crippen LogP) is 4.25. The van der Waals surface area contributed by atoms with Crippen LogP contribution in [0.1, 0.15) is 22.3 Å². The molecule has 3 heteroatoms. The zero-order valence-electron chi connectivity index (χ0n) is 8.27. The van der Waals surface area contributed by atoms with Gasteiger partial charge in [0, 0.05) is 0 Å². The molecule has 0 fully saturated rings. The summed E-state index contributed by atoms with van der Waals surface area (Å²) in [5.74, 6) is 0. The summed E-state index contributed by atoms with van der Waals surface area (Å²) >= 11 is -0.556. The van der Waals surface area contributed by atoms with Crippen LogP contribution >= 0.6 is 18.6 Å². The Labute approximate surface area is 102 Å². The first kappa shape index (κ1) is 12.3. The van der Waals surface area contributed by atoms with Gasteiger partial charge in [0.2, 0.25) is 0 Å². The monoisotopic (exact) mass is 262 g/mol. The van der Waals surface area contributed by atoms with Crippen molar-refractivity contribution in [3.8, 4) is 0 Å². The third kappa shape index (κ3) is 2.87. The minimum atomic E-state index is -0.556. The molecular formula is C11H12Cl2Ti. The Morgan fingerprint density at radius 1 is 1.14 bits per heavy atom. The van der Waals surface area contributed by atoms with Gasteiger partial charge in [-0.1, -0.05) is 24.3 Å². The van der Waals surface area contributed by atoms with Gasteiger partial charge in [-0.05, 0) is 42.5 Å². The van der Waals surface area contributed by atoms with Crippen LogP contribution < -0.4 is 0 Å². The summed E-state index contributed by atoms with van der Waals surface area (Å²) in [7, 11) is 9.78. The van der Waals surface area contributed by atoms with Gasteiger partial charge < -0.3 is 0 Å². The molecule has 0 radical (unpaired) electrons. The van der Waals surface area contributed by atoms with E-state index in [0.29, 0.717) is 0 Å². The van der Waals surface area contributed by atoms with Crippen LogP contribution in [0.5, 0.6) is 0 Å². The van der Waals surface area contributed by atoms with Gasteiger partial charge in [0.15, 0.2) is 0 Å². The molecule has 0 bridgehead atoms. The van der Waals surface area contributed by atoms with Gasteiger partial charge >= 0.3 is 35.6 Å². The molecule has 0 nitrogen and oxygen atoms in total. The predicted molar refractivity (Wildman–Crippen MR) is 60.4 cm³/mol. The van der Waals surface area contributed by atoms with Crippen LogP contribution in [0.25, 0.3) is 6.08 Å². The number of hydrogen-bond acceptors (Lipinski definition) is 0. The maximum atomic E-state index is 4.89. The Morgan fingerprint density at radius 2 is 1.71 bits per heavy atom. The maximum absolute atomic E-state index is 4.89. The van der Waals surface area contributed by atoms with Crippen LogP contribution in [-0.2, 0) is 23.5 Å². The molecule has 1 aromatic rings. The van der Waals surface area contributed by atoms with Gasteiger partial charge in [-0.2, -0.15) is 0 Å². The van der Waals surface area contributed by atoms with Gasteiger partial charge in [0.25, 0.3) is 0 Å². The quantitative estimate of drug-likeness (QED) is 0.614. The second-order valence-electron chi connectivity index (χ2n) is 3.27. The van der Waals surface area contributed by atoms with E-state index in [2.05, 4.69) is 38.1 Å². The van der Waals surface area contributed by atoms with Crippen LogP contribution in [0.2, 0.25) is 0 Å². The summed E-state index contributed by atoms with van der Waals surface area (Å²) < 4.78 is 0. The van der Waals surface area contributed by atoms with E-state index < -0.39 is 17.0 Å². The molecule has 0 aromatic heterocycles. The number of hydrogen-bond donors (Lipinski definition) is 0. The molecule has 74 valence electrons. The van der Waals surface area contributed by atoms with E-state index in [-0.39, 0.29) is 0 Å². The van der Waals surface area contributed by atoms with Crippen molar-refractivity contribution in [1.29, 1.82) is 0 Å². The fourth-order valence-electron chi connectivity index (χ4n) is 1.69. The summed E-state index contributed by atoms with van der Waals surface area (Å²) in [4.78, 5) is 0. The first-order chi connectivity index (χ1) is 6.70. The minimum absolute atomic E-state index is 0.556. The number of fused-ring (bicyclic) bond motifs is 1. The van der Waals surface area contributed by atoms with Crippen LogP contribution in [0.15, 0.2) is 18.2 Å². The molecule has 0 atom stereocenters. The van der Waals surface area contributed by atoms with Crippen molar-refractivity contribution < 1.29 is 17.0 Å². The molecule has 0 spiro atoms. The Balaban J connectivity index is 0.000000293. The molecule has 0 saturated carbocycles. The average molecular weight is 263 g/mol. The fourth-order valence-corrected chi connectivity index (χ4v) is 1.69. The summed E-state index contributed by atoms with van der Waals surface area (Å²) in [6.45, 7) is 4.36. The molecule has 1 aromatic carbocycles. The van der Waals surface area contributed by atoms with E-state index in [0.717, 1.165) is 6.42 Å². The summed E-state index contributed by atoms with van der Waals surface area (Å²) in [6, 6.07) is 4.41. The van der Waals surface area contributed by atoms with Crippen molar-refractivity contribution in [3.05, 3.63) is 40.5 Å². The zero-order chi connectivity index (χ0) is 10.6. The van der Waals surface area contributed by atoms with Crippen LogP contribution in [0, 0.1) is 13.8 Å². The van der Waals surface area contributed by atoms with E-state index in [1.807, 2.05) is 0 Å². The second kappa shape index (κ2) is 5.97. The van der Waals surface area contributed by atoms with Crippen molar-refractivity contribution in [2.45, 2.75) is 20.3 Å². The third-order valence-electron chi connectivity index (χ3n) is 2.42. The van der Waals surface area contributed by atoms with Crippen LogP contribution in [0.3, 0.4) is 0 Å². The SMILES string of the molecule is Cc1ccc(C)c2c1C=CC2.[Cl][Ti][Cl]. The number of rotatable bonds is 0. The van der Waals surface area contributed by atoms with E-state index in [1.54, 1.807) is 0 Å². The van der Waals surface area contributed by atoms with Crippen molar-refractivity contribution in [1.82, 2.24) is 0 Å². The topological polar surface area (TPSA) is 0 Å².